The Balaban J connectivity index is 1.71. The summed E-state index contributed by atoms with van der Waals surface area (Å²) in [6, 6.07) is 15.5. The van der Waals surface area contributed by atoms with Crippen LogP contribution in [0, 0.1) is 0 Å². The Bertz CT molecular complexity index is 575. The van der Waals surface area contributed by atoms with E-state index in [1.54, 1.807) is 0 Å². The fourth-order valence-electron chi connectivity index (χ4n) is 3.08. The van der Waals surface area contributed by atoms with E-state index in [9.17, 15) is 0 Å². The summed E-state index contributed by atoms with van der Waals surface area (Å²) in [4.78, 5) is 0. The quantitative estimate of drug-likeness (QED) is 0.904. The van der Waals surface area contributed by atoms with Gasteiger partial charge in [0, 0.05) is 12.6 Å². The zero-order valence-corrected chi connectivity index (χ0v) is 12.3. The van der Waals surface area contributed by atoms with E-state index in [-0.39, 0.29) is 0 Å². The standard InChI is InChI=1S/C18H23NO/c1-13-10-11-16(20-13)12-19-14(2)17-9-5-7-15-6-3-4-8-18(15)17/h3-9,13-14,16,19H,10-12H2,1-2H3. The van der Waals surface area contributed by atoms with Crippen molar-refractivity contribution in [1.29, 1.82) is 0 Å². The summed E-state index contributed by atoms with van der Waals surface area (Å²) >= 11 is 0. The van der Waals surface area contributed by atoms with E-state index >= 15 is 0 Å². The van der Waals surface area contributed by atoms with Gasteiger partial charge in [-0.1, -0.05) is 42.5 Å². The maximum atomic E-state index is 5.87. The van der Waals surface area contributed by atoms with Crippen molar-refractivity contribution in [2.75, 3.05) is 6.54 Å². The number of ether oxygens (including phenoxy) is 1. The smallest absolute Gasteiger partial charge is 0.0704 e. The van der Waals surface area contributed by atoms with Crippen molar-refractivity contribution in [2.24, 2.45) is 0 Å². The summed E-state index contributed by atoms with van der Waals surface area (Å²) in [7, 11) is 0. The molecular formula is C18H23NO. The Labute approximate surface area is 121 Å². The second kappa shape index (κ2) is 5.94. The highest BCUT2D eigenvalue weighted by Crippen LogP contribution is 2.25. The lowest BCUT2D eigenvalue weighted by Crippen LogP contribution is -2.29. The van der Waals surface area contributed by atoms with Gasteiger partial charge in [-0.15, -0.1) is 0 Å². The van der Waals surface area contributed by atoms with Crippen LogP contribution in [0.1, 0.15) is 38.3 Å². The van der Waals surface area contributed by atoms with E-state index < -0.39 is 0 Å². The van der Waals surface area contributed by atoms with Crippen molar-refractivity contribution < 1.29 is 4.74 Å². The van der Waals surface area contributed by atoms with Crippen LogP contribution in [0.15, 0.2) is 42.5 Å². The van der Waals surface area contributed by atoms with Gasteiger partial charge in [0.15, 0.2) is 0 Å². The van der Waals surface area contributed by atoms with Crippen LogP contribution in [0.5, 0.6) is 0 Å². The number of nitrogens with one attached hydrogen (secondary N) is 1. The second-order valence-corrected chi connectivity index (χ2v) is 5.84. The van der Waals surface area contributed by atoms with Crippen LogP contribution in [-0.2, 0) is 4.74 Å². The van der Waals surface area contributed by atoms with Gasteiger partial charge in [-0.3, -0.25) is 0 Å². The van der Waals surface area contributed by atoms with Gasteiger partial charge in [0.1, 0.15) is 0 Å². The van der Waals surface area contributed by atoms with Gasteiger partial charge in [-0.25, -0.2) is 0 Å². The molecule has 2 aromatic carbocycles. The first kappa shape index (κ1) is 13.6. The molecule has 1 N–H and O–H groups in total. The molecule has 0 bridgehead atoms. The molecule has 0 radical (unpaired) electrons. The van der Waals surface area contributed by atoms with Crippen LogP contribution in [0.2, 0.25) is 0 Å². The molecule has 3 atom stereocenters. The van der Waals surface area contributed by atoms with Crippen molar-refractivity contribution in [3.05, 3.63) is 48.0 Å². The monoisotopic (exact) mass is 269 g/mol. The van der Waals surface area contributed by atoms with Crippen molar-refractivity contribution in [3.8, 4) is 0 Å². The van der Waals surface area contributed by atoms with Crippen molar-refractivity contribution in [2.45, 2.75) is 44.9 Å². The normalized spacial score (nSPS) is 24.1. The third kappa shape index (κ3) is 2.87. The molecule has 0 spiro atoms. The highest BCUT2D eigenvalue weighted by Gasteiger charge is 2.22. The van der Waals surface area contributed by atoms with Crippen LogP contribution < -0.4 is 5.32 Å². The Morgan fingerprint density at radius 1 is 1.15 bits per heavy atom. The molecule has 0 amide bonds. The number of hydrogen-bond acceptors (Lipinski definition) is 2. The van der Waals surface area contributed by atoms with Crippen LogP contribution in [-0.4, -0.2) is 18.8 Å². The SMILES string of the molecule is CC1CCC(CNC(C)c2cccc3ccccc23)O1. The fourth-order valence-corrected chi connectivity index (χ4v) is 3.08. The predicted octanol–water partition coefficient (Wildman–Crippen LogP) is 4.06. The Kier molecular flexibility index (Phi) is 4.04. The van der Waals surface area contributed by atoms with Gasteiger partial charge in [-0.05, 0) is 43.0 Å². The minimum absolute atomic E-state index is 0.348. The molecular weight excluding hydrogens is 246 g/mol. The molecule has 1 saturated heterocycles. The first-order chi connectivity index (χ1) is 9.74. The third-order valence-electron chi connectivity index (χ3n) is 4.26. The molecule has 1 aliphatic rings. The van der Waals surface area contributed by atoms with Crippen LogP contribution in [0.3, 0.4) is 0 Å². The Morgan fingerprint density at radius 2 is 1.95 bits per heavy atom. The molecule has 1 heterocycles. The van der Waals surface area contributed by atoms with Gasteiger partial charge < -0.3 is 10.1 Å². The third-order valence-corrected chi connectivity index (χ3v) is 4.26. The molecule has 0 saturated carbocycles. The first-order valence-corrected chi connectivity index (χ1v) is 7.60. The molecule has 1 fully saturated rings. The summed E-state index contributed by atoms with van der Waals surface area (Å²) in [6.45, 7) is 5.34. The molecule has 3 unspecified atom stereocenters. The average molecular weight is 269 g/mol. The molecule has 2 nitrogen and oxygen atoms in total. The van der Waals surface area contributed by atoms with E-state index in [0.717, 1.165) is 6.54 Å². The van der Waals surface area contributed by atoms with Crippen LogP contribution in [0.25, 0.3) is 10.8 Å². The maximum absolute atomic E-state index is 5.87. The van der Waals surface area contributed by atoms with E-state index in [1.807, 2.05) is 0 Å². The highest BCUT2D eigenvalue weighted by molar-refractivity contribution is 5.86. The zero-order valence-electron chi connectivity index (χ0n) is 12.3. The lowest BCUT2D eigenvalue weighted by atomic mass is 9.99. The van der Waals surface area contributed by atoms with E-state index in [1.165, 1.54) is 29.2 Å². The van der Waals surface area contributed by atoms with E-state index in [2.05, 4.69) is 61.6 Å². The summed E-state index contributed by atoms with van der Waals surface area (Å²) in [5.41, 5.74) is 1.37. The molecule has 106 valence electrons. The molecule has 1 aliphatic heterocycles. The molecule has 0 aliphatic carbocycles. The first-order valence-electron chi connectivity index (χ1n) is 7.60. The Hall–Kier alpha value is -1.38. The molecule has 2 aromatic rings. The number of hydrogen-bond donors (Lipinski definition) is 1. The zero-order chi connectivity index (χ0) is 13.9. The molecule has 3 rings (SSSR count). The van der Waals surface area contributed by atoms with Gasteiger partial charge >= 0.3 is 0 Å². The topological polar surface area (TPSA) is 21.3 Å². The van der Waals surface area contributed by atoms with E-state index in [4.69, 9.17) is 4.74 Å². The fraction of sp³-hybridized carbons (Fsp3) is 0.444. The van der Waals surface area contributed by atoms with Crippen molar-refractivity contribution >= 4 is 10.8 Å². The van der Waals surface area contributed by atoms with Gasteiger partial charge in [0.2, 0.25) is 0 Å². The predicted molar refractivity (Wildman–Crippen MR) is 83.9 cm³/mol. The number of benzene rings is 2. The van der Waals surface area contributed by atoms with Crippen molar-refractivity contribution in [1.82, 2.24) is 5.32 Å². The lowest BCUT2D eigenvalue weighted by Gasteiger charge is -2.19. The lowest BCUT2D eigenvalue weighted by molar-refractivity contribution is 0.0547. The Morgan fingerprint density at radius 3 is 2.75 bits per heavy atom. The van der Waals surface area contributed by atoms with Crippen LogP contribution >= 0.6 is 0 Å². The second-order valence-electron chi connectivity index (χ2n) is 5.84. The number of rotatable bonds is 4. The van der Waals surface area contributed by atoms with Crippen LogP contribution in [0.4, 0.5) is 0 Å². The van der Waals surface area contributed by atoms with E-state index in [0.29, 0.717) is 18.2 Å². The molecule has 20 heavy (non-hydrogen) atoms. The maximum Gasteiger partial charge on any atom is 0.0704 e. The summed E-state index contributed by atoms with van der Waals surface area (Å²) in [6.07, 6.45) is 3.17. The molecule has 0 aromatic heterocycles. The van der Waals surface area contributed by atoms with Gasteiger partial charge in [-0.2, -0.15) is 0 Å². The summed E-state index contributed by atoms with van der Waals surface area (Å²) < 4.78 is 5.87. The minimum Gasteiger partial charge on any atom is -0.374 e. The molecule has 2 heteroatoms. The highest BCUT2D eigenvalue weighted by atomic mass is 16.5. The summed E-state index contributed by atoms with van der Waals surface area (Å²) in [5, 5.41) is 6.28. The van der Waals surface area contributed by atoms with Gasteiger partial charge in [0.25, 0.3) is 0 Å². The van der Waals surface area contributed by atoms with Crippen molar-refractivity contribution in [3.63, 3.8) is 0 Å². The number of fused-ring (bicyclic) bond motifs is 1. The average Bonchev–Trinajstić information content (AvgIpc) is 2.90. The largest absolute Gasteiger partial charge is 0.374 e. The van der Waals surface area contributed by atoms with Gasteiger partial charge in [0.05, 0.1) is 12.2 Å². The summed E-state index contributed by atoms with van der Waals surface area (Å²) in [5.74, 6) is 0. The minimum atomic E-state index is 0.348.